The van der Waals surface area contributed by atoms with E-state index in [4.69, 9.17) is 9.84 Å². The zero-order valence-electron chi connectivity index (χ0n) is 12.4. The van der Waals surface area contributed by atoms with Crippen LogP contribution in [0.2, 0.25) is 0 Å². The third-order valence-electron chi connectivity index (χ3n) is 3.31. The van der Waals surface area contributed by atoms with E-state index in [2.05, 4.69) is 19.2 Å². The zero-order valence-corrected chi connectivity index (χ0v) is 12.4. The summed E-state index contributed by atoms with van der Waals surface area (Å²) in [6, 6.07) is -0.241. The smallest absolute Gasteiger partial charge is 0.323 e. The van der Waals surface area contributed by atoms with Crippen molar-refractivity contribution in [3.63, 3.8) is 0 Å². The topological polar surface area (TPSA) is 78.9 Å². The van der Waals surface area contributed by atoms with Gasteiger partial charge in [-0.25, -0.2) is 4.79 Å². The van der Waals surface area contributed by atoms with Crippen molar-refractivity contribution in [2.24, 2.45) is 5.92 Å². The highest BCUT2D eigenvalue weighted by Crippen LogP contribution is 2.23. The molecule has 2 amide bonds. The molecular weight excluding hydrogens is 260 g/mol. The molecule has 0 aromatic carbocycles. The van der Waals surface area contributed by atoms with Crippen LogP contribution in [0.3, 0.4) is 0 Å². The van der Waals surface area contributed by atoms with Gasteiger partial charge in [-0.3, -0.25) is 4.79 Å². The standard InChI is InChI=1S/C14H26N2O4/c1-11(2)10-20-8-7-15-14(19)16(9-13(17)18)12-5-3-4-6-12/h11-12H,3-10H2,1-2H3,(H,15,19)(H,17,18). The molecule has 0 saturated heterocycles. The minimum Gasteiger partial charge on any atom is -0.480 e. The summed E-state index contributed by atoms with van der Waals surface area (Å²) >= 11 is 0. The average Bonchev–Trinajstić information content (AvgIpc) is 2.88. The maximum Gasteiger partial charge on any atom is 0.323 e. The summed E-state index contributed by atoms with van der Waals surface area (Å²) in [4.78, 5) is 24.4. The molecule has 0 unspecified atom stereocenters. The quantitative estimate of drug-likeness (QED) is 0.666. The maximum atomic E-state index is 12.1. The second-order valence-corrected chi connectivity index (χ2v) is 5.66. The van der Waals surface area contributed by atoms with Gasteiger partial charge in [0.25, 0.3) is 0 Å². The third-order valence-corrected chi connectivity index (χ3v) is 3.31. The summed E-state index contributed by atoms with van der Waals surface area (Å²) in [6.07, 6.45) is 3.91. The number of aliphatic carboxylic acids is 1. The summed E-state index contributed by atoms with van der Waals surface area (Å²) in [5, 5.41) is 11.7. The molecular formula is C14H26N2O4. The van der Waals surface area contributed by atoms with Crippen molar-refractivity contribution >= 4 is 12.0 Å². The monoisotopic (exact) mass is 286 g/mol. The molecule has 1 aliphatic rings. The van der Waals surface area contributed by atoms with Gasteiger partial charge in [0, 0.05) is 19.2 Å². The molecule has 20 heavy (non-hydrogen) atoms. The van der Waals surface area contributed by atoms with Gasteiger partial charge in [0.15, 0.2) is 0 Å². The molecule has 6 heteroatoms. The molecule has 2 N–H and O–H groups in total. The van der Waals surface area contributed by atoms with E-state index in [-0.39, 0.29) is 18.6 Å². The van der Waals surface area contributed by atoms with Crippen LogP contribution in [0.15, 0.2) is 0 Å². The lowest BCUT2D eigenvalue weighted by Crippen LogP contribution is -2.48. The van der Waals surface area contributed by atoms with E-state index in [0.29, 0.717) is 25.7 Å². The van der Waals surface area contributed by atoms with Gasteiger partial charge in [0.05, 0.1) is 6.61 Å². The van der Waals surface area contributed by atoms with Crippen molar-refractivity contribution in [3.05, 3.63) is 0 Å². The van der Waals surface area contributed by atoms with Crippen LogP contribution in [0.25, 0.3) is 0 Å². The maximum absolute atomic E-state index is 12.1. The number of carbonyl (C=O) groups excluding carboxylic acids is 1. The van der Waals surface area contributed by atoms with E-state index in [1.165, 1.54) is 4.90 Å². The minimum absolute atomic E-state index is 0.0580. The van der Waals surface area contributed by atoms with Gasteiger partial charge in [-0.1, -0.05) is 26.7 Å². The number of nitrogens with zero attached hydrogens (tertiary/aromatic N) is 1. The van der Waals surface area contributed by atoms with Crippen molar-refractivity contribution in [2.45, 2.75) is 45.6 Å². The summed E-state index contributed by atoms with van der Waals surface area (Å²) in [7, 11) is 0. The first-order valence-corrected chi connectivity index (χ1v) is 7.34. The molecule has 0 aromatic heterocycles. The van der Waals surface area contributed by atoms with Gasteiger partial charge in [0.1, 0.15) is 6.54 Å². The molecule has 0 aliphatic heterocycles. The van der Waals surface area contributed by atoms with Gasteiger partial charge >= 0.3 is 12.0 Å². The number of hydrogen-bond donors (Lipinski definition) is 2. The second kappa shape index (κ2) is 8.79. The number of ether oxygens (including phenoxy) is 1. The SMILES string of the molecule is CC(C)COCCNC(=O)N(CC(=O)O)C1CCCC1. The molecule has 0 spiro atoms. The minimum atomic E-state index is -0.969. The first-order valence-electron chi connectivity index (χ1n) is 7.34. The van der Waals surface area contributed by atoms with Crippen molar-refractivity contribution in [1.29, 1.82) is 0 Å². The lowest BCUT2D eigenvalue weighted by Gasteiger charge is -2.27. The number of nitrogens with one attached hydrogen (secondary N) is 1. The van der Waals surface area contributed by atoms with Crippen LogP contribution in [-0.4, -0.2) is 54.4 Å². The average molecular weight is 286 g/mol. The van der Waals surface area contributed by atoms with Crippen LogP contribution in [0.5, 0.6) is 0 Å². The molecule has 1 rings (SSSR count). The van der Waals surface area contributed by atoms with Gasteiger partial charge in [0.2, 0.25) is 0 Å². The number of carboxylic acids is 1. The second-order valence-electron chi connectivity index (χ2n) is 5.66. The van der Waals surface area contributed by atoms with E-state index in [1.54, 1.807) is 0 Å². The zero-order chi connectivity index (χ0) is 15.0. The molecule has 1 saturated carbocycles. The van der Waals surface area contributed by atoms with Crippen LogP contribution in [0, 0.1) is 5.92 Å². The summed E-state index contributed by atoms with van der Waals surface area (Å²) < 4.78 is 5.38. The molecule has 0 radical (unpaired) electrons. The third kappa shape index (κ3) is 6.23. The van der Waals surface area contributed by atoms with Crippen LogP contribution in [0.1, 0.15) is 39.5 Å². The molecule has 116 valence electrons. The van der Waals surface area contributed by atoms with E-state index < -0.39 is 5.97 Å². The molecule has 0 aromatic rings. The highest BCUT2D eigenvalue weighted by molar-refractivity contribution is 5.80. The molecule has 0 bridgehead atoms. The number of rotatable bonds is 8. The van der Waals surface area contributed by atoms with E-state index in [9.17, 15) is 9.59 Å². The molecule has 0 heterocycles. The van der Waals surface area contributed by atoms with Crippen LogP contribution >= 0.6 is 0 Å². The first kappa shape index (κ1) is 16.8. The molecule has 1 fully saturated rings. The Morgan fingerprint density at radius 2 is 2.00 bits per heavy atom. The van der Waals surface area contributed by atoms with Gasteiger partial charge in [-0.15, -0.1) is 0 Å². The van der Waals surface area contributed by atoms with Gasteiger partial charge in [-0.05, 0) is 18.8 Å². The fraction of sp³-hybridized carbons (Fsp3) is 0.857. The van der Waals surface area contributed by atoms with Crippen molar-refractivity contribution in [2.75, 3.05) is 26.3 Å². The van der Waals surface area contributed by atoms with E-state index >= 15 is 0 Å². The number of hydrogen-bond acceptors (Lipinski definition) is 3. The Morgan fingerprint density at radius 1 is 1.35 bits per heavy atom. The summed E-state index contributed by atoms with van der Waals surface area (Å²) in [6.45, 7) is 5.42. The summed E-state index contributed by atoms with van der Waals surface area (Å²) in [5.74, 6) is -0.504. The number of urea groups is 1. The lowest BCUT2D eigenvalue weighted by atomic mass is 10.2. The Hall–Kier alpha value is -1.30. The molecule has 1 aliphatic carbocycles. The predicted molar refractivity (Wildman–Crippen MR) is 75.7 cm³/mol. The Labute approximate surface area is 120 Å². The normalized spacial score (nSPS) is 15.6. The lowest BCUT2D eigenvalue weighted by molar-refractivity contribution is -0.138. The Bertz CT molecular complexity index is 314. The van der Waals surface area contributed by atoms with Crippen LogP contribution < -0.4 is 5.32 Å². The first-order chi connectivity index (χ1) is 9.50. The van der Waals surface area contributed by atoms with Crippen LogP contribution in [0.4, 0.5) is 4.79 Å². The number of carboxylic acid groups (broad SMARTS) is 1. The Balaban J connectivity index is 2.33. The van der Waals surface area contributed by atoms with Crippen LogP contribution in [-0.2, 0) is 9.53 Å². The summed E-state index contributed by atoms with van der Waals surface area (Å²) in [5.41, 5.74) is 0. The van der Waals surface area contributed by atoms with Gasteiger partial charge in [-0.2, -0.15) is 0 Å². The highest BCUT2D eigenvalue weighted by atomic mass is 16.5. The number of carbonyl (C=O) groups is 2. The van der Waals surface area contributed by atoms with Crippen molar-refractivity contribution in [3.8, 4) is 0 Å². The Morgan fingerprint density at radius 3 is 2.55 bits per heavy atom. The fourth-order valence-electron chi connectivity index (χ4n) is 2.38. The number of amides is 2. The molecule has 6 nitrogen and oxygen atoms in total. The molecule has 0 atom stereocenters. The Kier molecular flexibility index (Phi) is 7.36. The van der Waals surface area contributed by atoms with Gasteiger partial charge < -0.3 is 20.1 Å². The fourth-order valence-corrected chi connectivity index (χ4v) is 2.38. The predicted octanol–water partition coefficient (Wildman–Crippen LogP) is 1.70. The van der Waals surface area contributed by atoms with E-state index in [0.717, 1.165) is 25.7 Å². The van der Waals surface area contributed by atoms with Crippen molar-refractivity contribution in [1.82, 2.24) is 10.2 Å². The highest BCUT2D eigenvalue weighted by Gasteiger charge is 2.28. The van der Waals surface area contributed by atoms with Crippen molar-refractivity contribution < 1.29 is 19.4 Å². The largest absolute Gasteiger partial charge is 0.480 e. The van der Waals surface area contributed by atoms with E-state index in [1.807, 2.05) is 0 Å².